The van der Waals surface area contributed by atoms with Crippen molar-refractivity contribution in [2.45, 2.75) is 18.6 Å². The van der Waals surface area contributed by atoms with Gasteiger partial charge in [-0.05, 0) is 6.42 Å². The normalized spacial score (nSPS) is 19.2. The van der Waals surface area contributed by atoms with Gasteiger partial charge in [-0.3, -0.25) is 0 Å². The van der Waals surface area contributed by atoms with Gasteiger partial charge in [0.05, 0.1) is 21.3 Å². The summed E-state index contributed by atoms with van der Waals surface area (Å²) >= 11 is 0. The standard InChI is InChI=1S/C19H22O5/c1-20-16-12-15-14(17(21-2)18(16)22-3)10-11-19(23-4,24-15)13-8-6-5-7-9-13/h5-9,12H,10-11H2,1-4H3/t19-/m1/s1. The van der Waals surface area contributed by atoms with E-state index in [0.29, 0.717) is 29.4 Å². The van der Waals surface area contributed by atoms with Gasteiger partial charge in [0.1, 0.15) is 5.75 Å². The summed E-state index contributed by atoms with van der Waals surface area (Å²) in [5.41, 5.74) is 1.94. The average Bonchev–Trinajstić information content (AvgIpc) is 2.66. The molecule has 3 rings (SSSR count). The summed E-state index contributed by atoms with van der Waals surface area (Å²) in [6.45, 7) is 0. The lowest BCUT2D eigenvalue weighted by atomic mass is 9.93. The van der Waals surface area contributed by atoms with E-state index in [1.807, 2.05) is 36.4 Å². The summed E-state index contributed by atoms with van der Waals surface area (Å²) in [4.78, 5) is 0. The molecule has 1 aliphatic heterocycles. The predicted octanol–water partition coefficient (Wildman–Crippen LogP) is 3.54. The van der Waals surface area contributed by atoms with Crippen molar-refractivity contribution in [1.82, 2.24) is 0 Å². The summed E-state index contributed by atoms with van der Waals surface area (Å²) in [5.74, 6) is 1.64. The topological polar surface area (TPSA) is 46.2 Å². The van der Waals surface area contributed by atoms with Gasteiger partial charge in [0.15, 0.2) is 11.5 Å². The van der Waals surface area contributed by atoms with E-state index in [9.17, 15) is 0 Å². The number of rotatable bonds is 5. The molecule has 0 N–H and O–H groups in total. The van der Waals surface area contributed by atoms with Gasteiger partial charge in [-0.25, -0.2) is 0 Å². The number of methoxy groups -OCH3 is 4. The average molecular weight is 330 g/mol. The van der Waals surface area contributed by atoms with E-state index in [2.05, 4.69) is 0 Å². The fourth-order valence-electron chi connectivity index (χ4n) is 3.20. The second kappa shape index (κ2) is 6.61. The molecular formula is C19H22O5. The molecule has 1 heterocycles. The molecule has 5 nitrogen and oxygen atoms in total. The zero-order valence-corrected chi connectivity index (χ0v) is 14.4. The Kier molecular flexibility index (Phi) is 4.53. The Morgan fingerprint density at radius 3 is 2.21 bits per heavy atom. The number of fused-ring (bicyclic) bond motifs is 1. The van der Waals surface area contributed by atoms with E-state index in [-0.39, 0.29) is 0 Å². The van der Waals surface area contributed by atoms with Crippen LogP contribution in [0.1, 0.15) is 17.5 Å². The minimum atomic E-state index is -0.821. The number of hydrogen-bond donors (Lipinski definition) is 0. The van der Waals surface area contributed by atoms with E-state index in [4.69, 9.17) is 23.7 Å². The Balaban J connectivity index is 2.10. The van der Waals surface area contributed by atoms with Crippen LogP contribution in [0.4, 0.5) is 0 Å². The summed E-state index contributed by atoms with van der Waals surface area (Å²) < 4.78 is 28.5. The van der Waals surface area contributed by atoms with E-state index in [0.717, 1.165) is 17.5 Å². The third kappa shape index (κ3) is 2.55. The highest BCUT2D eigenvalue weighted by atomic mass is 16.7. The molecule has 24 heavy (non-hydrogen) atoms. The molecule has 1 aliphatic rings. The van der Waals surface area contributed by atoms with Crippen molar-refractivity contribution >= 4 is 0 Å². The smallest absolute Gasteiger partial charge is 0.237 e. The maximum Gasteiger partial charge on any atom is 0.237 e. The molecular weight excluding hydrogens is 308 g/mol. The first-order chi connectivity index (χ1) is 11.7. The minimum absolute atomic E-state index is 0.563. The second-order valence-corrected chi connectivity index (χ2v) is 5.55. The first kappa shape index (κ1) is 16.5. The van der Waals surface area contributed by atoms with Crippen LogP contribution in [0.25, 0.3) is 0 Å². The fraction of sp³-hybridized carbons (Fsp3) is 0.368. The van der Waals surface area contributed by atoms with Crippen LogP contribution in [0.15, 0.2) is 36.4 Å². The lowest BCUT2D eigenvalue weighted by Gasteiger charge is -2.38. The molecule has 0 saturated carbocycles. The van der Waals surface area contributed by atoms with E-state index < -0.39 is 5.79 Å². The van der Waals surface area contributed by atoms with Crippen LogP contribution >= 0.6 is 0 Å². The van der Waals surface area contributed by atoms with Crippen molar-refractivity contribution < 1.29 is 23.7 Å². The maximum atomic E-state index is 6.30. The quantitative estimate of drug-likeness (QED) is 0.839. The molecule has 128 valence electrons. The predicted molar refractivity (Wildman–Crippen MR) is 90.2 cm³/mol. The molecule has 0 amide bonds. The third-order valence-electron chi connectivity index (χ3n) is 4.41. The highest BCUT2D eigenvalue weighted by Gasteiger charge is 2.40. The van der Waals surface area contributed by atoms with Crippen LogP contribution in [0.3, 0.4) is 0 Å². The first-order valence-electron chi connectivity index (χ1n) is 7.80. The number of ether oxygens (including phenoxy) is 5. The summed E-state index contributed by atoms with van der Waals surface area (Å²) in [6.07, 6.45) is 1.41. The monoisotopic (exact) mass is 330 g/mol. The molecule has 0 aromatic heterocycles. The highest BCUT2D eigenvalue weighted by Crippen LogP contribution is 2.50. The Labute approximate surface area is 142 Å². The summed E-state index contributed by atoms with van der Waals surface area (Å²) in [6, 6.07) is 11.8. The molecule has 0 saturated heterocycles. The van der Waals surface area contributed by atoms with E-state index in [1.165, 1.54) is 0 Å². The van der Waals surface area contributed by atoms with Crippen molar-refractivity contribution in [1.29, 1.82) is 0 Å². The molecule has 5 heteroatoms. The minimum Gasteiger partial charge on any atom is -0.493 e. The number of benzene rings is 2. The van der Waals surface area contributed by atoms with Gasteiger partial charge in [-0.2, -0.15) is 0 Å². The first-order valence-corrected chi connectivity index (χ1v) is 7.80. The van der Waals surface area contributed by atoms with Crippen LogP contribution < -0.4 is 18.9 Å². The lowest BCUT2D eigenvalue weighted by molar-refractivity contribution is -0.184. The molecule has 2 aromatic carbocycles. The molecule has 0 spiro atoms. The summed E-state index contributed by atoms with van der Waals surface area (Å²) in [5, 5.41) is 0. The Bertz CT molecular complexity index is 713. The molecule has 0 radical (unpaired) electrons. The lowest BCUT2D eigenvalue weighted by Crippen LogP contribution is -2.38. The van der Waals surface area contributed by atoms with Gasteiger partial charge in [0.2, 0.25) is 11.5 Å². The van der Waals surface area contributed by atoms with Gasteiger partial charge >= 0.3 is 0 Å². The van der Waals surface area contributed by atoms with Gasteiger partial charge in [0, 0.05) is 30.7 Å². The number of hydrogen-bond acceptors (Lipinski definition) is 5. The van der Waals surface area contributed by atoms with Crippen molar-refractivity contribution in [3.05, 3.63) is 47.5 Å². The summed E-state index contributed by atoms with van der Waals surface area (Å²) in [7, 11) is 6.47. The van der Waals surface area contributed by atoms with E-state index in [1.54, 1.807) is 28.4 Å². The molecule has 0 bridgehead atoms. The van der Waals surface area contributed by atoms with Crippen LogP contribution in [0.2, 0.25) is 0 Å². The highest BCUT2D eigenvalue weighted by molar-refractivity contribution is 5.62. The molecule has 1 atom stereocenters. The van der Waals surface area contributed by atoms with Crippen LogP contribution in [0.5, 0.6) is 23.0 Å². The Morgan fingerprint density at radius 2 is 1.62 bits per heavy atom. The molecule has 2 aromatic rings. The largest absolute Gasteiger partial charge is 0.493 e. The van der Waals surface area contributed by atoms with Crippen molar-refractivity contribution in [2.24, 2.45) is 0 Å². The van der Waals surface area contributed by atoms with Gasteiger partial charge in [-0.1, -0.05) is 30.3 Å². The van der Waals surface area contributed by atoms with E-state index >= 15 is 0 Å². The fourth-order valence-corrected chi connectivity index (χ4v) is 3.20. The van der Waals surface area contributed by atoms with Crippen LogP contribution in [-0.2, 0) is 16.9 Å². The van der Waals surface area contributed by atoms with Crippen molar-refractivity contribution in [3.8, 4) is 23.0 Å². The van der Waals surface area contributed by atoms with Crippen molar-refractivity contribution in [2.75, 3.05) is 28.4 Å². The van der Waals surface area contributed by atoms with Crippen LogP contribution in [-0.4, -0.2) is 28.4 Å². The molecule has 0 fully saturated rings. The van der Waals surface area contributed by atoms with Gasteiger partial charge in [-0.15, -0.1) is 0 Å². The van der Waals surface area contributed by atoms with Gasteiger partial charge < -0.3 is 23.7 Å². The van der Waals surface area contributed by atoms with Gasteiger partial charge in [0.25, 0.3) is 0 Å². The zero-order chi connectivity index (χ0) is 17.2. The SMILES string of the molecule is COc1cc2c(c(OC)c1OC)CC[C@](OC)(c1ccccc1)O2. The van der Waals surface area contributed by atoms with Crippen LogP contribution in [0, 0.1) is 0 Å². The van der Waals surface area contributed by atoms with Crippen molar-refractivity contribution in [3.63, 3.8) is 0 Å². The second-order valence-electron chi connectivity index (χ2n) is 5.55. The Hall–Kier alpha value is -2.40. The molecule has 0 aliphatic carbocycles. The third-order valence-corrected chi connectivity index (χ3v) is 4.41. The Morgan fingerprint density at radius 1 is 0.917 bits per heavy atom. The maximum absolute atomic E-state index is 6.30. The molecule has 0 unspecified atom stereocenters. The zero-order valence-electron chi connectivity index (χ0n) is 14.4.